The first kappa shape index (κ1) is 24.6. The lowest BCUT2D eigenvalue weighted by Gasteiger charge is -2.27. The number of ether oxygens (including phenoxy) is 2. The van der Waals surface area contributed by atoms with Crippen LogP contribution < -0.4 is 15.4 Å². The average molecular weight is 453 g/mol. The van der Waals surface area contributed by atoms with Crippen LogP contribution in [0.25, 0.3) is 0 Å². The highest BCUT2D eigenvalue weighted by molar-refractivity contribution is 5.86. The summed E-state index contributed by atoms with van der Waals surface area (Å²) >= 11 is 0. The molecular weight excluding hydrogens is 416 g/mol. The zero-order valence-corrected chi connectivity index (χ0v) is 19.9. The van der Waals surface area contributed by atoms with Crippen molar-refractivity contribution in [3.05, 3.63) is 65.7 Å². The number of hydrogen-bond acceptors (Lipinski definition) is 4. The highest BCUT2D eigenvalue weighted by Gasteiger charge is 2.27. The number of carbonyl (C=O) groups excluding carboxylic acids is 2. The molecule has 0 aliphatic heterocycles. The normalized spacial score (nSPS) is 15.4. The number of amides is 2. The van der Waals surface area contributed by atoms with Crippen LogP contribution in [0.15, 0.2) is 54.6 Å². The van der Waals surface area contributed by atoms with Crippen molar-refractivity contribution in [1.82, 2.24) is 10.6 Å². The Balaban J connectivity index is 1.62. The molecule has 0 unspecified atom stereocenters. The molecule has 2 aromatic carbocycles. The summed E-state index contributed by atoms with van der Waals surface area (Å²) < 4.78 is 11.2. The molecular formula is C27H36N2O4. The van der Waals surface area contributed by atoms with Crippen LogP contribution in [-0.2, 0) is 22.6 Å². The van der Waals surface area contributed by atoms with Crippen LogP contribution in [0, 0.1) is 0 Å². The summed E-state index contributed by atoms with van der Waals surface area (Å²) in [5.74, 6) is 0.586. The number of carbonyl (C=O) groups is 2. The van der Waals surface area contributed by atoms with Crippen molar-refractivity contribution in [2.45, 2.75) is 83.6 Å². The number of nitrogens with one attached hydrogen (secondary N) is 2. The van der Waals surface area contributed by atoms with Crippen molar-refractivity contribution >= 4 is 12.0 Å². The Kier molecular flexibility index (Phi) is 8.75. The molecule has 1 saturated carbocycles. The Morgan fingerprint density at radius 1 is 0.939 bits per heavy atom. The van der Waals surface area contributed by atoms with Crippen LogP contribution in [0.1, 0.15) is 64.0 Å². The van der Waals surface area contributed by atoms with E-state index in [1.807, 2.05) is 54.6 Å². The molecule has 6 heteroatoms. The van der Waals surface area contributed by atoms with Gasteiger partial charge in [-0.3, -0.25) is 4.79 Å². The quantitative estimate of drug-likeness (QED) is 0.581. The van der Waals surface area contributed by atoms with Gasteiger partial charge >= 0.3 is 6.09 Å². The Morgan fingerprint density at radius 3 is 2.24 bits per heavy atom. The highest BCUT2D eigenvalue weighted by atomic mass is 16.6. The molecule has 2 N–H and O–H groups in total. The van der Waals surface area contributed by atoms with Crippen molar-refractivity contribution < 1.29 is 19.1 Å². The summed E-state index contributed by atoms with van der Waals surface area (Å²) in [5.41, 5.74) is 1.40. The van der Waals surface area contributed by atoms with E-state index in [1.54, 1.807) is 20.8 Å². The van der Waals surface area contributed by atoms with Gasteiger partial charge in [-0.1, -0.05) is 61.7 Å². The fraction of sp³-hybridized carbons (Fsp3) is 0.481. The molecule has 0 aromatic heterocycles. The smallest absolute Gasteiger partial charge is 0.408 e. The summed E-state index contributed by atoms with van der Waals surface area (Å²) in [6.07, 6.45) is 5.21. The maximum absolute atomic E-state index is 13.0. The number of alkyl carbamates (subject to hydrolysis) is 1. The SMILES string of the molecule is CC(C)(C)OC(=O)N[C@@H](Cc1ccc(OCc2ccccc2)cc1)C(=O)NC1CCCCC1. The van der Waals surface area contributed by atoms with Crippen LogP contribution >= 0.6 is 0 Å². The Labute approximate surface area is 197 Å². The minimum atomic E-state index is -0.710. The fourth-order valence-electron chi connectivity index (χ4n) is 3.91. The van der Waals surface area contributed by atoms with Gasteiger partial charge in [-0.25, -0.2) is 4.79 Å². The number of rotatable bonds is 8. The molecule has 1 aliphatic rings. The number of benzene rings is 2. The van der Waals surface area contributed by atoms with E-state index in [2.05, 4.69) is 10.6 Å². The standard InChI is InChI=1S/C27H36N2O4/c1-27(2,3)33-26(31)29-24(25(30)28-22-12-8-5-9-13-22)18-20-14-16-23(17-15-20)32-19-21-10-6-4-7-11-21/h4,6-7,10-11,14-17,22,24H,5,8-9,12-13,18-19H2,1-3H3,(H,28,30)(H,29,31)/t24-/m0/s1. The predicted octanol–water partition coefficient (Wildman–Crippen LogP) is 5.15. The molecule has 1 aliphatic carbocycles. The van der Waals surface area contributed by atoms with Crippen molar-refractivity contribution in [3.8, 4) is 5.75 Å². The van der Waals surface area contributed by atoms with Gasteiger partial charge in [-0.2, -0.15) is 0 Å². The van der Waals surface area contributed by atoms with E-state index in [0.29, 0.717) is 13.0 Å². The second-order valence-electron chi connectivity index (χ2n) is 9.66. The van der Waals surface area contributed by atoms with Gasteiger partial charge in [0.2, 0.25) is 5.91 Å². The van der Waals surface area contributed by atoms with Crippen molar-refractivity contribution in [1.29, 1.82) is 0 Å². The predicted molar refractivity (Wildman–Crippen MR) is 129 cm³/mol. The Hall–Kier alpha value is -3.02. The van der Waals surface area contributed by atoms with E-state index in [0.717, 1.165) is 42.6 Å². The van der Waals surface area contributed by atoms with Gasteiger partial charge in [0.1, 0.15) is 24.0 Å². The molecule has 0 heterocycles. The summed E-state index contributed by atoms with van der Waals surface area (Å²) in [6.45, 7) is 5.90. The molecule has 3 rings (SSSR count). The molecule has 0 spiro atoms. The largest absolute Gasteiger partial charge is 0.489 e. The molecule has 178 valence electrons. The van der Waals surface area contributed by atoms with Crippen LogP contribution in [-0.4, -0.2) is 29.7 Å². The maximum atomic E-state index is 13.0. The lowest BCUT2D eigenvalue weighted by molar-refractivity contribution is -0.124. The molecule has 2 aromatic rings. The van der Waals surface area contributed by atoms with E-state index >= 15 is 0 Å². The van der Waals surface area contributed by atoms with Gasteiger partial charge in [0.05, 0.1) is 0 Å². The first-order valence-electron chi connectivity index (χ1n) is 11.8. The summed E-state index contributed by atoms with van der Waals surface area (Å²) in [7, 11) is 0. The third kappa shape index (κ3) is 8.79. The van der Waals surface area contributed by atoms with E-state index in [-0.39, 0.29) is 11.9 Å². The molecule has 1 atom stereocenters. The average Bonchev–Trinajstić information content (AvgIpc) is 2.78. The highest BCUT2D eigenvalue weighted by Crippen LogP contribution is 2.19. The van der Waals surface area contributed by atoms with Gasteiger partial charge < -0.3 is 20.1 Å². The van der Waals surface area contributed by atoms with Crippen molar-refractivity contribution in [2.24, 2.45) is 0 Å². The minimum absolute atomic E-state index is 0.169. The van der Waals surface area contributed by atoms with Crippen molar-refractivity contribution in [3.63, 3.8) is 0 Å². The molecule has 1 fully saturated rings. The monoisotopic (exact) mass is 452 g/mol. The van der Waals surface area contributed by atoms with Gasteiger partial charge in [0.15, 0.2) is 0 Å². The first-order chi connectivity index (χ1) is 15.8. The van der Waals surface area contributed by atoms with Gasteiger partial charge in [-0.15, -0.1) is 0 Å². The topological polar surface area (TPSA) is 76.7 Å². The second-order valence-corrected chi connectivity index (χ2v) is 9.66. The van der Waals surface area contributed by atoms with Crippen molar-refractivity contribution in [2.75, 3.05) is 0 Å². The van der Waals surface area contributed by atoms with E-state index < -0.39 is 17.7 Å². The zero-order valence-electron chi connectivity index (χ0n) is 19.9. The van der Waals surface area contributed by atoms with E-state index in [1.165, 1.54) is 6.42 Å². The van der Waals surface area contributed by atoms with E-state index in [9.17, 15) is 9.59 Å². The van der Waals surface area contributed by atoms with Gasteiger partial charge in [-0.05, 0) is 56.9 Å². The lowest BCUT2D eigenvalue weighted by Crippen LogP contribution is -2.51. The third-order valence-corrected chi connectivity index (χ3v) is 5.57. The fourth-order valence-corrected chi connectivity index (χ4v) is 3.91. The zero-order chi connectivity index (χ0) is 23.7. The Bertz CT molecular complexity index is 885. The lowest BCUT2D eigenvalue weighted by atomic mass is 9.95. The van der Waals surface area contributed by atoms with Crippen LogP contribution in [0.3, 0.4) is 0 Å². The number of hydrogen-bond donors (Lipinski definition) is 2. The second kappa shape index (κ2) is 11.7. The Morgan fingerprint density at radius 2 is 1.61 bits per heavy atom. The van der Waals surface area contributed by atoms with Gasteiger partial charge in [0, 0.05) is 12.5 Å². The van der Waals surface area contributed by atoms with Crippen LogP contribution in [0.5, 0.6) is 5.75 Å². The van der Waals surface area contributed by atoms with Gasteiger partial charge in [0.25, 0.3) is 0 Å². The molecule has 0 bridgehead atoms. The first-order valence-corrected chi connectivity index (χ1v) is 11.8. The molecule has 2 amide bonds. The summed E-state index contributed by atoms with van der Waals surface area (Å²) in [6, 6.07) is 17.1. The molecule has 0 radical (unpaired) electrons. The molecule has 33 heavy (non-hydrogen) atoms. The summed E-state index contributed by atoms with van der Waals surface area (Å²) in [4.78, 5) is 25.4. The molecule has 0 saturated heterocycles. The maximum Gasteiger partial charge on any atom is 0.408 e. The van der Waals surface area contributed by atoms with E-state index in [4.69, 9.17) is 9.47 Å². The summed E-state index contributed by atoms with van der Waals surface area (Å²) in [5, 5.41) is 5.89. The molecule has 6 nitrogen and oxygen atoms in total. The third-order valence-electron chi connectivity index (χ3n) is 5.57. The minimum Gasteiger partial charge on any atom is -0.489 e. The van der Waals surface area contributed by atoms with Crippen LogP contribution in [0.4, 0.5) is 4.79 Å². The van der Waals surface area contributed by atoms with Crippen LogP contribution in [0.2, 0.25) is 0 Å².